The Morgan fingerprint density at radius 1 is 1.07 bits per heavy atom. The van der Waals surface area contributed by atoms with Crippen LogP contribution in [0, 0.1) is 0 Å². The molecule has 0 amide bonds. The minimum Gasteiger partial charge on any atom is -0.662 e. The minimum atomic E-state index is 0. The number of benzene rings is 1. The van der Waals surface area contributed by atoms with E-state index < -0.39 is 0 Å². The fourth-order valence-electron chi connectivity index (χ4n) is 2.25. The maximum atomic E-state index is 4.44. The van der Waals surface area contributed by atoms with E-state index in [0.29, 0.717) is 0 Å². The quantitative estimate of drug-likeness (QED) is 0.678. The first-order valence-corrected chi connectivity index (χ1v) is 5.17. The van der Waals surface area contributed by atoms with Gasteiger partial charge in [-0.05, 0) is 24.5 Å². The molecule has 1 aliphatic heterocycles. The maximum Gasteiger partial charge on any atom is 1.00 e. The van der Waals surface area contributed by atoms with Gasteiger partial charge >= 0.3 is 58.2 Å². The van der Waals surface area contributed by atoms with Crippen molar-refractivity contribution >= 4 is 10.9 Å². The number of rotatable bonds is 0. The van der Waals surface area contributed by atoms with Gasteiger partial charge in [0.05, 0.1) is 0 Å². The standard InChI is InChI=1S/C12H13N2.Rb/c1-2-4-11-9(3-1)10-5-7-13-8-6-12(10)14-11;/h1-4,14H,5-8H2;/q-1;+1. The van der Waals surface area contributed by atoms with Crippen LogP contribution in [-0.2, 0) is 12.8 Å². The monoisotopic (exact) mass is 270 g/mol. The average Bonchev–Trinajstić information content (AvgIpc) is 2.42. The molecule has 0 atom stereocenters. The second kappa shape index (κ2) is 5.24. The summed E-state index contributed by atoms with van der Waals surface area (Å²) in [6.07, 6.45) is 2.17. The molecule has 3 heteroatoms. The van der Waals surface area contributed by atoms with Crippen LogP contribution < -0.4 is 58.2 Å². The Kier molecular flexibility index (Phi) is 4.19. The van der Waals surface area contributed by atoms with Crippen molar-refractivity contribution in [3.63, 3.8) is 0 Å². The van der Waals surface area contributed by atoms with Crippen LogP contribution in [0.15, 0.2) is 24.3 Å². The molecular weight excluding hydrogens is 258 g/mol. The third-order valence-electron chi connectivity index (χ3n) is 2.94. The molecule has 0 bridgehead atoms. The third-order valence-corrected chi connectivity index (χ3v) is 2.94. The van der Waals surface area contributed by atoms with Crippen LogP contribution in [-0.4, -0.2) is 18.1 Å². The largest absolute Gasteiger partial charge is 1.00 e. The van der Waals surface area contributed by atoms with Crippen molar-refractivity contribution in [2.75, 3.05) is 13.1 Å². The van der Waals surface area contributed by atoms with Gasteiger partial charge in [-0.3, -0.25) is 0 Å². The Hall–Kier alpha value is 0.525. The number of H-pyrrole nitrogens is 1. The van der Waals surface area contributed by atoms with Gasteiger partial charge in [0.1, 0.15) is 0 Å². The maximum absolute atomic E-state index is 4.44. The molecule has 0 saturated heterocycles. The molecule has 0 saturated carbocycles. The summed E-state index contributed by atoms with van der Waals surface area (Å²) in [5.41, 5.74) is 4.16. The normalized spacial score (nSPS) is 15.5. The summed E-state index contributed by atoms with van der Waals surface area (Å²) >= 11 is 0. The van der Waals surface area contributed by atoms with E-state index in [0.717, 1.165) is 25.9 Å². The van der Waals surface area contributed by atoms with Gasteiger partial charge in [0.25, 0.3) is 0 Å². The van der Waals surface area contributed by atoms with Crippen molar-refractivity contribution in [2.24, 2.45) is 0 Å². The van der Waals surface area contributed by atoms with Crippen molar-refractivity contribution in [1.29, 1.82) is 0 Å². The molecule has 72 valence electrons. The predicted octanol–water partition coefficient (Wildman–Crippen LogP) is -0.356. The van der Waals surface area contributed by atoms with Crippen molar-refractivity contribution in [3.8, 4) is 0 Å². The first-order valence-electron chi connectivity index (χ1n) is 5.17. The van der Waals surface area contributed by atoms with E-state index >= 15 is 0 Å². The Morgan fingerprint density at radius 3 is 2.80 bits per heavy atom. The summed E-state index contributed by atoms with van der Waals surface area (Å²) in [6, 6.07) is 8.55. The van der Waals surface area contributed by atoms with E-state index in [-0.39, 0.29) is 58.2 Å². The van der Waals surface area contributed by atoms with Crippen LogP contribution >= 0.6 is 0 Å². The van der Waals surface area contributed by atoms with Gasteiger partial charge in [0, 0.05) is 16.6 Å². The van der Waals surface area contributed by atoms with Crippen LogP contribution in [0.3, 0.4) is 0 Å². The Balaban J connectivity index is 0.000000853. The van der Waals surface area contributed by atoms with Crippen molar-refractivity contribution in [3.05, 3.63) is 40.8 Å². The van der Waals surface area contributed by atoms with Crippen LogP contribution in [0.2, 0.25) is 0 Å². The van der Waals surface area contributed by atoms with E-state index in [1.54, 1.807) is 0 Å². The Labute approximate surface area is 139 Å². The molecule has 2 nitrogen and oxygen atoms in total. The molecule has 1 aliphatic rings. The SMILES string of the molecule is [Rb+].c1ccc2c3c([nH]c2c1)CC[N-]CC3. The van der Waals surface area contributed by atoms with Gasteiger partial charge in [0.2, 0.25) is 0 Å². The van der Waals surface area contributed by atoms with E-state index in [1.165, 1.54) is 22.2 Å². The molecule has 0 unspecified atom stereocenters. The fraction of sp³-hybridized carbons (Fsp3) is 0.333. The zero-order chi connectivity index (χ0) is 9.38. The predicted molar refractivity (Wildman–Crippen MR) is 58.8 cm³/mol. The number of nitrogens with one attached hydrogen (secondary N) is 1. The Bertz CT molecular complexity index is 462. The third kappa shape index (κ3) is 2.29. The molecule has 0 radical (unpaired) electrons. The molecule has 1 aromatic carbocycles. The van der Waals surface area contributed by atoms with E-state index in [4.69, 9.17) is 0 Å². The molecule has 2 aromatic rings. The summed E-state index contributed by atoms with van der Waals surface area (Å²) in [4.78, 5) is 3.50. The summed E-state index contributed by atoms with van der Waals surface area (Å²) in [7, 11) is 0. The summed E-state index contributed by atoms with van der Waals surface area (Å²) in [6.45, 7) is 1.95. The number of aromatic nitrogens is 1. The van der Waals surface area contributed by atoms with Gasteiger partial charge in [-0.25, -0.2) is 0 Å². The summed E-state index contributed by atoms with van der Waals surface area (Å²) < 4.78 is 0. The molecular formula is C12H13N2Rb. The number of nitrogens with zero attached hydrogens (tertiary/aromatic N) is 1. The van der Waals surface area contributed by atoms with E-state index in [2.05, 4.69) is 34.6 Å². The zero-order valence-corrected chi connectivity index (χ0v) is 14.0. The molecule has 3 rings (SSSR count). The number of fused-ring (bicyclic) bond motifs is 3. The fourth-order valence-corrected chi connectivity index (χ4v) is 2.25. The second-order valence-electron chi connectivity index (χ2n) is 3.80. The smallest absolute Gasteiger partial charge is 0.662 e. The second-order valence-corrected chi connectivity index (χ2v) is 3.80. The molecule has 15 heavy (non-hydrogen) atoms. The molecule has 1 aromatic heterocycles. The zero-order valence-electron chi connectivity index (χ0n) is 9.09. The minimum absolute atomic E-state index is 0. The molecule has 0 spiro atoms. The van der Waals surface area contributed by atoms with Crippen LogP contribution in [0.1, 0.15) is 11.3 Å². The molecule has 1 N–H and O–H groups in total. The number of aromatic amines is 1. The topological polar surface area (TPSA) is 29.9 Å². The van der Waals surface area contributed by atoms with Gasteiger partial charge < -0.3 is 10.3 Å². The van der Waals surface area contributed by atoms with Crippen LogP contribution in [0.4, 0.5) is 0 Å². The van der Waals surface area contributed by atoms with E-state index in [1.807, 2.05) is 0 Å². The Morgan fingerprint density at radius 2 is 1.87 bits per heavy atom. The summed E-state index contributed by atoms with van der Waals surface area (Å²) in [5, 5.41) is 5.83. The van der Waals surface area contributed by atoms with Gasteiger partial charge in [-0.2, -0.15) is 0 Å². The first-order chi connectivity index (χ1) is 6.95. The number of hydrogen-bond donors (Lipinski definition) is 1. The van der Waals surface area contributed by atoms with Crippen molar-refractivity contribution < 1.29 is 58.2 Å². The average molecular weight is 271 g/mol. The molecule has 0 fully saturated rings. The van der Waals surface area contributed by atoms with Crippen molar-refractivity contribution in [2.45, 2.75) is 12.8 Å². The van der Waals surface area contributed by atoms with Gasteiger partial charge in [-0.1, -0.05) is 18.2 Å². The number of para-hydroxylation sites is 1. The number of hydrogen-bond acceptors (Lipinski definition) is 0. The molecule has 0 aliphatic carbocycles. The van der Waals surface area contributed by atoms with Gasteiger partial charge in [0.15, 0.2) is 0 Å². The van der Waals surface area contributed by atoms with Gasteiger partial charge in [-0.15, -0.1) is 13.1 Å². The van der Waals surface area contributed by atoms with Crippen LogP contribution in [0.25, 0.3) is 16.2 Å². The van der Waals surface area contributed by atoms with E-state index in [9.17, 15) is 0 Å². The van der Waals surface area contributed by atoms with Crippen LogP contribution in [0.5, 0.6) is 0 Å². The molecule has 2 heterocycles. The first kappa shape index (κ1) is 12.0. The van der Waals surface area contributed by atoms with Crippen molar-refractivity contribution in [1.82, 2.24) is 4.98 Å². The summed E-state index contributed by atoms with van der Waals surface area (Å²) in [5.74, 6) is 0.